The van der Waals surface area contributed by atoms with Crippen LogP contribution in [0.4, 0.5) is 27.8 Å². The van der Waals surface area contributed by atoms with Gasteiger partial charge in [0, 0.05) is 125 Å². The van der Waals surface area contributed by atoms with E-state index in [2.05, 4.69) is 125 Å². The van der Waals surface area contributed by atoms with Crippen LogP contribution in [-0.2, 0) is 42.3 Å². The fraction of sp³-hybridized carbons (Fsp3) is 0.473. The molecule has 3 aromatic heterocycles. The van der Waals surface area contributed by atoms with Gasteiger partial charge in [-0.25, -0.2) is 19.6 Å². The van der Waals surface area contributed by atoms with E-state index < -0.39 is 79.6 Å². The molecule has 5 amide bonds. The summed E-state index contributed by atoms with van der Waals surface area (Å²) in [5.41, 5.74) is 14.7. The maximum absolute atomic E-state index is 14.6. The van der Waals surface area contributed by atoms with Gasteiger partial charge in [-0.05, 0) is 155 Å². The molecule has 102 heavy (non-hydrogen) atoms. The summed E-state index contributed by atoms with van der Waals surface area (Å²) < 4.78 is 13.6. The second kappa shape index (κ2) is 26.0. The van der Waals surface area contributed by atoms with Crippen molar-refractivity contribution in [3.63, 3.8) is 0 Å². The number of aliphatic hydroxyl groups is 2. The van der Waals surface area contributed by atoms with Crippen LogP contribution in [0.5, 0.6) is 5.75 Å². The minimum atomic E-state index is -2.85. The van der Waals surface area contributed by atoms with Crippen LogP contribution in [0.2, 0.25) is 25.7 Å². The normalized spacial score (nSPS) is 29.4. The van der Waals surface area contributed by atoms with Crippen molar-refractivity contribution >= 4 is 96.6 Å². The van der Waals surface area contributed by atoms with Gasteiger partial charge in [0.05, 0.1) is 37.1 Å². The second-order valence-corrected chi connectivity index (χ2v) is 38.6. The zero-order chi connectivity index (χ0) is 72.2. The minimum Gasteiger partial charge on any atom is -0.496 e. The molecule has 3 saturated heterocycles. The number of carbonyl (C=O) groups excluding carboxylic acids is 4. The molecule has 1 spiro atoms. The number of methoxy groups -OCH3 is 1. The van der Waals surface area contributed by atoms with Crippen molar-refractivity contribution in [1.82, 2.24) is 50.3 Å². The number of ether oxygens (including phenoxy) is 1. The quantitative estimate of drug-likeness (QED) is 0.0263. The van der Waals surface area contributed by atoms with Crippen LogP contribution in [0.1, 0.15) is 104 Å². The number of H-pyrrole nitrogens is 2. The number of piperidine rings is 1. The van der Waals surface area contributed by atoms with Crippen molar-refractivity contribution in [3.05, 3.63) is 147 Å². The predicted molar refractivity (Wildman–Crippen MR) is 394 cm³/mol. The van der Waals surface area contributed by atoms with Crippen LogP contribution in [0.3, 0.4) is 0 Å². The fourth-order valence-corrected chi connectivity index (χ4v) is 28.9. The number of para-hydroxylation sites is 1. The Labute approximate surface area is 593 Å². The molecule has 14 rings (SSSR count). The average molecular weight is 1420 g/mol. The Morgan fingerprint density at radius 3 is 2.41 bits per heavy atom. The Balaban J connectivity index is 0.635. The first kappa shape index (κ1) is 70.0. The highest BCUT2D eigenvalue weighted by atomic mass is 28.4. The van der Waals surface area contributed by atoms with Crippen LogP contribution in [-0.4, -0.2) is 196 Å². The van der Waals surface area contributed by atoms with Crippen LogP contribution in [0.15, 0.2) is 108 Å². The highest BCUT2D eigenvalue weighted by molar-refractivity contribution is 6.93. The second-order valence-electron chi connectivity index (χ2n) is 30.6. The highest BCUT2D eigenvalue weighted by Gasteiger charge is 2.78. The predicted octanol–water partition coefficient (Wildman–Crippen LogP) is 5.68. The van der Waals surface area contributed by atoms with E-state index in [1.165, 1.54) is 16.7 Å². The summed E-state index contributed by atoms with van der Waals surface area (Å²) in [5, 5.41) is 50.8. The van der Waals surface area contributed by atoms with Crippen LogP contribution < -0.4 is 53.1 Å². The van der Waals surface area contributed by atoms with Crippen LogP contribution >= 0.6 is 0 Å². The Morgan fingerprint density at radius 1 is 0.931 bits per heavy atom. The number of carbonyl (C=O) groups is 5. The van der Waals surface area contributed by atoms with Gasteiger partial charge in [0.2, 0.25) is 20.2 Å². The van der Waals surface area contributed by atoms with E-state index in [1.54, 1.807) is 31.4 Å². The molecule has 26 nitrogen and oxygen atoms in total. The number of nitrogen functional groups attached to an aromatic ring is 1. The van der Waals surface area contributed by atoms with Crippen molar-refractivity contribution in [1.29, 1.82) is 0 Å². The van der Waals surface area contributed by atoms with Gasteiger partial charge in [-0.3, -0.25) is 29.1 Å². The monoisotopic (exact) mass is 1420 g/mol. The summed E-state index contributed by atoms with van der Waals surface area (Å²) in [4.78, 5) is 108. The smallest absolute Gasteiger partial charge is 0.326 e. The number of nitrogens with zero attached hydrogens (tertiary/aromatic N) is 7. The lowest BCUT2D eigenvalue weighted by atomic mass is 9.47. The number of benzene rings is 4. The fourth-order valence-electron chi connectivity index (χ4n) is 19.5. The van der Waals surface area contributed by atoms with Crippen molar-refractivity contribution in [3.8, 4) is 5.75 Å². The molecule has 12 atom stereocenters. The summed E-state index contributed by atoms with van der Waals surface area (Å²) in [5.74, 6) is -1.98. The van der Waals surface area contributed by atoms with Gasteiger partial charge < -0.3 is 76.6 Å². The van der Waals surface area contributed by atoms with Crippen LogP contribution in [0.25, 0.3) is 22.1 Å². The number of aromatic nitrogens is 5. The lowest BCUT2D eigenvalue weighted by Gasteiger charge is -2.63. The van der Waals surface area contributed by atoms with Crippen molar-refractivity contribution in [2.75, 3.05) is 80.9 Å². The number of hydrogen-bond acceptors (Lipinski definition) is 18. The number of amides is 5. The summed E-state index contributed by atoms with van der Waals surface area (Å²) in [7, 11) is -1.99. The zero-order valence-electron chi connectivity index (χ0n) is 59.1. The number of anilines is 4. The van der Waals surface area contributed by atoms with E-state index in [9.17, 15) is 44.1 Å². The third-order valence-corrected chi connectivity index (χ3v) is 31.9. The molecule has 4 fully saturated rings. The molecule has 9 heterocycles. The van der Waals surface area contributed by atoms with Gasteiger partial charge >= 0.3 is 12.0 Å². The number of fused-ring (bicyclic) bond motifs is 7. The molecule has 1 saturated carbocycles. The van der Waals surface area contributed by atoms with Gasteiger partial charge in [0.1, 0.15) is 17.9 Å². The van der Waals surface area contributed by atoms with Crippen molar-refractivity contribution < 1.29 is 48.1 Å². The van der Waals surface area contributed by atoms with E-state index in [4.69, 9.17) is 20.3 Å². The van der Waals surface area contributed by atoms with Gasteiger partial charge in [-0.2, -0.15) is 4.98 Å². The largest absolute Gasteiger partial charge is 0.496 e. The van der Waals surface area contributed by atoms with Gasteiger partial charge in [-0.15, -0.1) is 0 Å². The number of hydrogen-bond donors (Lipinski definition) is 11. The van der Waals surface area contributed by atoms with Gasteiger partial charge in [0.25, 0.3) is 17.4 Å². The third kappa shape index (κ3) is 11.7. The first-order valence-corrected chi connectivity index (χ1v) is 41.3. The topological polar surface area (TPSA) is 365 Å². The minimum absolute atomic E-state index is 0.0315. The number of rotatable bonds is 19. The number of aromatic amines is 2. The summed E-state index contributed by atoms with van der Waals surface area (Å²) in [6.45, 7) is 16.7. The molecular formula is C74H93N15O11Si2. The molecule has 28 heteroatoms. The molecule has 6 aliphatic heterocycles. The standard InChI is InChI=1S/C74H93N15O11Si2/c1-9-71(85-69(97)81-46-22-24-48(25-23-46)101(6,7)100-102(8)40-55(63(93)94)89(42-102)57(90)17-13-29-77-61(91)44-18-20-45(21-19-44)78-37-47-38-79-60-58(80-47)62(92)84-68(76)83-60)36-43-35-70(3,59-50(26-31-87(39-43)41-71)49-15-11-12-16-53(49)82-59)52-33-51-54(34-56(52)99-5)86(4)65-73(51)28-32-88-30-14-27-72(10-2,64(73)88)66(95)74(65,98)67(75)96/h11-12,14-16,18-25,27,33-34,38,43,55,64-66,78,82,95,98H,9-10,13,17,26,28-32,35-37,39-42H2,1-8H3,(H2,75,96)(H,77,91)(H,93,94)(H2,81,85,97)(H3,76,79,83,84,92)/t43-,55?,64+,65+,66+,70+,71-,72+,73+,74-,102?/m0/s1. The molecule has 4 aromatic carbocycles. The number of carboxylic acid groups (broad SMARTS) is 1. The van der Waals surface area contributed by atoms with Gasteiger partial charge in [-0.1, -0.05) is 56.3 Å². The Morgan fingerprint density at radius 2 is 1.69 bits per heavy atom. The Kier molecular flexibility index (Phi) is 17.9. The third-order valence-electron chi connectivity index (χ3n) is 23.9. The lowest BCUT2D eigenvalue weighted by Crippen LogP contribution is -2.81. The van der Waals surface area contributed by atoms with E-state index in [1.807, 2.05) is 55.8 Å². The molecular weight excluding hydrogens is 1330 g/mol. The molecule has 7 aromatic rings. The van der Waals surface area contributed by atoms with Gasteiger partial charge in [0.15, 0.2) is 25.1 Å². The first-order valence-electron chi connectivity index (χ1n) is 35.6. The van der Waals surface area contributed by atoms with E-state index in [0.29, 0.717) is 86.5 Å². The number of nitrogens with two attached hydrogens (primary N) is 2. The zero-order valence-corrected chi connectivity index (χ0v) is 61.1. The van der Waals surface area contributed by atoms with E-state index in [-0.39, 0.29) is 78.6 Å². The number of aliphatic carboxylic acids is 1. The molecule has 3 unspecified atom stereocenters. The molecule has 13 N–H and O–H groups in total. The number of nitrogens with one attached hydrogen (secondary N) is 6. The molecule has 538 valence electrons. The maximum atomic E-state index is 14.6. The number of carboxylic acids is 1. The number of urea groups is 1. The summed E-state index contributed by atoms with van der Waals surface area (Å²) >= 11 is 0. The van der Waals surface area contributed by atoms with Crippen LogP contribution in [0, 0.1) is 11.3 Å². The number of aliphatic hydroxyl groups excluding tert-OH is 1. The number of primary amides is 1. The molecule has 2 bridgehead atoms. The average Bonchev–Trinajstić information content (AvgIpc) is 1.46. The number of likely N-dealkylation sites (N-methyl/N-ethyl adjacent to an activating group) is 1. The van der Waals surface area contributed by atoms with E-state index in [0.717, 1.165) is 58.1 Å². The summed E-state index contributed by atoms with van der Waals surface area (Å²) in [6, 6.07) is 25.1. The Bertz CT molecular complexity index is 4600. The van der Waals surface area contributed by atoms with E-state index >= 15 is 0 Å². The lowest BCUT2D eigenvalue weighted by molar-refractivity contribution is -0.201. The maximum Gasteiger partial charge on any atom is 0.326 e. The Hall–Kier alpha value is -9.04. The molecule has 0 radical (unpaired) electrons. The SMILES string of the molecule is CC[C@]1(NC(=O)Nc2ccc([Si](C)(C)O[Si]3(C)CC(C(=O)O)N(C(=O)CCCNC(=O)c4ccc(NCc5cnc6nc(N)[nH]c(=O)c6n5)cc4)C3)cc2)C[C@H]2CN(CCc3c([nH]c4ccccc34)[C@@](C)(c3cc4c(cc3OC)N(C)[C@H]3[C@@](O)(C(N)=O)[C@H](O)[C@]5(CC)C=CCN6CC[C@]43[C@H]65)C2)C1. The first-order chi connectivity index (χ1) is 48.6. The summed E-state index contributed by atoms with van der Waals surface area (Å²) in [6.07, 6.45) is 8.60. The molecule has 1 aliphatic carbocycles. The van der Waals surface area contributed by atoms with Crippen molar-refractivity contribution in [2.24, 2.45) is 17.1 Å². The van der Waals surface area contributed by atoms with Crippen molar-refractivity contribution in [2.45, 2.75) is 151 Å². The highest BCUT2D eigenvalue weighted by Crippen LogP contribution is 2.67. The molecule has 7 aliphatic rings.